The van der Waals surface area contributed by atoms with Crippen molar-refractivity contribution in [2.24, 2.45) is 5.92 Å². The molecule has 1 fully saturated rings. The van der Waals surface area contributed by atoms with Gasteiger partial charge in [0.15, 0.2) is 0 Å². The highest BCUT2D eigenvalue weighted by Crippen LogP contribution is 2.47. The van der Waals surface area contributed by atoms with Crippen molar-refractivity contribution in [3.05, 3.63) is 35.9 Å². The molecule has 0 spiro atoms. The summed E-state index contributed by atoms with van der Waals surface area (Å²) in [6, 6.07) is 12.6. The first-order valence-corrected chi connectivity index (χ1v) is 4.76. The van der Waals surface area contributed by atoms with E-state index >= 15 is 0 Å². The Balaban J connectivity index is 2.40. The topological polar surface area (TPSA) is 23.8 Å². The fraction of sp³-hybridized carbons (Fsp3) is 0.417. The minimum atomic E-state index is -0.179. The third-order valence-corrected chi connectivity index (χ3v) is 3.30. The lowest BCUT2D eigenvalue weighted by Gasteiger charge is -2.42. The molecule has 0 N–H and O–H groups in total. The van der Waals surface area contributed by atoms with Gasteiger partial charge in [-0.3, -0.25) is 0 Å². The maximum absolute atomic E-state index is 9.21. The van der Waals surface area contributed by atoms with Crippen molar-refractivity contribution >= 4 is 0 Å². The number of benzene rings is 1. The zero-order valence-electron chi connectivity index (χ0n) is 7.83. The summed E-state index contributed by atoms with van der Waals surface area (Å²) in [5.74, 6) is 0.514. The van der Waals surface area contributed by atoms with Crippen LogP contribution in [0, 0.1) is 17.2 Å². The van der Waals surface area contributed by atoms with Gasteiger partial charge in [-0.1, -0.05) is 37.3 Å². The van der Waals surface area contributed by atoms with Crippen LogP contribution in [0.5, 0.6) is 0 Å². The van der Waals surface area contributed by atoms with E-state index in [1.165, 1.54) is 12.0 Å². The number of hydrogen-bond donors (Lipinski definition) is 0. The molecule has 0 bridgehead atoms. The monoisotopic (exact) mass is 171 g/mol. The molecule has 2 unspecified atom stereocenters. The Hall–Kier alpha value is -1.29. The summed E-state index contributed by atoms with van der Waals surface area (Å²) in [5.41, 5.74) is 1.01. The van der Waals surface area contributed by atoms with Crippen molar-refractivity contribution in [1.29, 1.82) is 5.26 Å². The zero-order chi connectivity index (χ0) is 9.31. The van der Waals surface area contributed by atoms with Gasteiger partial charge in [-0.05, 0) is 24.3 Å². The summed E-state index contributed by atoms with van der Waals surface area (Å²) in [7, 11) is 0. The molecule has 13 heavy (non-hydrogen) atoms. The first kappa shape index (κ1) is 8.31. The van der Waals surface area contributed by atoms with Crippen LogP contribution in [0.2, 0.25) is 0 Å². The molecule has 0 aliphatic heterocycles. The second-order valence-corrected chi connectivity index (χ2v) is 3.89. The molecule has 1 aliphatic rings. The Morgan fingerprint density at radius 3 is 2.46 bits per heavy atom. The molecular formula is C12H13N. The second-order valence-electron chi connectivity index (χ2n) is 3.89. The Morgan fingerprint density at radius 1 is 1.38 bits per heavy atom. The smallest absolute Gasteiger partial charge is 0.0847 e. The highest BCUT2D eigenvalue weighted by Gasteiger charge is 2.45. The van der Waals surface area contributed by atoms with Gasteiger partial charge in [-0.2, -0.15) is 5.26 Å². The summed E-state index contributed by atoms with van der Waals surface area (Å²) in [5, 5.41) is 9.21. The van der Waals surface area contributed by atoms with Crippen LogP contribution in [0.3, 0.4) is 0 Å². The maximum atomic E-state index is 9.21. The minimum Gasteiger partial charge on any atom is -0.197 e. The predicted octanol–water partition coefficient (Wildman–Crippen LogP) is 2.88. The molecule has 0 radical (unpaired) electrons. The third kappa shape index (κ3) is 1.06. The van der Waals surface area contributed by atoms with E-state index in [0.717, 1.165) is 6.42 Å². The van der Waals surface area contributed by atoms with Gasteiger partial charge in [-0.25, -0.2) is 0 Å². The molecule has 1 nitrogen and oxygen atoms in total. The minimum absolute atomic E-state index is 0.179. The van der Waals surface area contributed by atoms with Crippen LogP contribution < -0.4 is 0 Å². The van der Waals surface area contributed by atoms with E-state index in [1.54, 1.807) is 0 Å². The van der Waals surface area contributed by atoms with E-state index < -0.39 is 0 Å². The van der Waals surface area contributed by atoms with Gasteiger partial charge >= 0.3 is 0 Å². The summed E-state index contributed by atoms with van der Waals surface area (Å²) in [4.78, 5) is 0. The molecule has 0 heterocycles. The summed E-state index contributed by atoms with van der Waals surface area (Å²) >= 11 is 0. The number of nitriles is 1. The highest BCUT2D eigenvalue weighted by molar-refractivity contribution is 5.36. The normalized spacial score (nSPS) is 31.8. The molecule has 1 aliphatic carbocycles. The van der Waals surface area contributed by atoms with Crippen molar-refractivity contribution in [1.82, 2.24) is 0 Å². The predicted molar refractivity (Wildman–Crippen MR) is 52.1 cm³/mol. The van der Waals surface area contributed by atoms with Crippen LogP contribution in [-0.4, -0.2) is 0 Å². The Morgan fingerprint density at radius 2 is 2.08 bits per heavy atom. The molecule has 0 amide bonds. The molecule has 1 heteroatoms. The summed E-state index contributed by atoms with van der Waals surface area (Å²) < 4.78 is 0. The van der Waals surface area contributed by atoms with Gasteiger partial charge < -0.3 is 0 Å². The highest BCUT2D eigenvalue weighted by atomic mass is 14.5. The lowest BCUT2D eigenvalue weighted by Crippen LogP contribution is -2.41. The van der Waals surface area contributed by atoms with Gasteiger partial charge in [0, 0.05) is 0 Å². The van der Waals surface area contributed by atoms with Crippen LogP contribution in [0.25, 0.3) is 0 Å². The molecule has 1 aromatic rings. The standard InChI is InChI=1S/C12H13N/c1-10-7-8-12(10,9-13)11-5-3-2-4-6-11/h2-6,10H,7-8H2,1H3. The van der Waals surface area contributed by atoms with Crippen molar-refractivity contribution in [3.63, 3.8) is 0 Å². The van der Waals surface area contributed by atoms with Crippen LogP contribution in [0.15, 0.2) is 30.3 Å². The molecule has 2 rings (SSSR count). The Labute approximate surface area is 79.0 Å². The van der Waals surface area contributed by atoms with E-state index in [0.29, 0.717) is 5.92 Å². The molecule has 1 saturated carbocycles. The van der Waals surface area contributed by atoms with Crippen molar-refractivity contribution in [3.8, 4) is 6.07 Å². The van der Waals surface area contributed by atoms with E-state index in [9.17, 15) is 5.26 Å². The third-order valence-electron chi connectivity index (χ3n) is 3.30. The fourth-order valence-electron chi connectivity index (χ4n) is 2.12. The molecule has 2 atom stereocenters. The number of rotatable bonds is 1. The summed E-state index contributed by atoms with van der Waals surface area (Å²) in [6.07, 6.45) is 2.21. The average Bonchev–Trinajstić information content (AvgIpc) is 2.19. The van der Waals surface area contributed by atoms with Gasteiger partial charge in [-0.15, -0.1) is 0 Å². The van der Waals surface area contributed by atoms with E-state index in [2.05, 4.69) is 25.1 Å². The molecule has 0 saturated heterocycles. The van der Waals surface area contributed by atoms with Crippen LogP contribution in [0.4, 0.5) is 0 Å². The second kappa shape index (κ2) is 2.88. The average molecular weight is 171 g/mol. The first-order chi connectivity index (χ1) is 6.29. The van der Waals surface area contributed by atoms with Crippen LogP contribution in [0.1, 0.15) is 25.3 Å². The van der Waals surface area contributed by atoms with Gasteiger partial charge in [0.05, 0.1) is 11.5 Å². The maximum Gasteiger partial charge on any atom is 0.0847 e. The quantitative estimate of drug-likeness (QED) is 0.637. The SMILES string of the molecule is CC1CCC1(C#N)c1ccccc1. The van der Waals surface area contributed by atoms with Gasteiger partial charge in [0.25, 0.3) is 0 Å². The molecule has 0 aromatic heterocycles. The zero-order valence-corrected chi connectivity index (χ0v) is 7.83. The Kier molecular flexibility index (Phi) is 1.84. The van der Waals surface area contributed by atoms with Crippen LogP contribution in [-0.2, 0) is 5.41 Å². The summed E-state index contributed by atoms with van der Waals surface area (Å²) in [6.45, 7) is 2.17. The largest absolute Gasteiger partial charge is 0.197 e. The van der Waals surface area contributed by atoms with Crippen LogP contribution >= 0.6 is 0 Å². The molecular weight excluding hydrogens is 158 g/mol. The van der Waals surface area contributed by atoms with Crippen molar-refractivity contribution in [2.45, 2.75) is 25.2 Å². The number of nitrogens with zero attached hydrogens (tertiary/aromatic N) is 1. The van der Waals surface area contributed by atoms with E-state index in [4.69, 9.17) is 0 Å². The van der Waals surface area contributed by atoms with E-state index in [-0.39, 0.29) is 5.41 Å². The van der Waals surface area contributed by atoms with Crippen molar-refractivity contribution in [2.75, 3.05) is 0 Å². The van der Waals surface area contributed by atoms with Gasteiger partial charge in [0.2, 0.25) is 0 Å². The first-order valence-electron chi connectivity index (χ1n) is 4.76. The lowest BCUT2D eigenvalue weighted by molar-refractivity contribution is 0.201. The molecule has 1 aromatic carbocycles. The lowest BCUT2D eigenvalue weighted by atomic mass is 9.58. The van der Waals surface area contributed by atoms with Gasteiger partial charge in [0.1, 0.15) is 0 Å². The van der Waals surface area contributed by atoms with Crippen molar-refractivity contribution < 1.29 is 0 Å². The number of hydrogen-bond acceptors (Lipinski definition) is 1. The fourth-order valence-corrected chi connectivity index (χ4v) is 2.12. The van der Waals surface area contributed by atoms with E-state index in [1.807, 2.05) is 18.2 Å². The Bertz CT molecular complexity index is 336. The molecule has 66 valence electrons.